The van der Waals surface area contributed by atoms with E-state index in [2.05, 4.69) is 16.5 Å². The molecule has 1 aromatic heterocycles. The van der Waals surface area contributed by atoms with E-state index < -0.39 is 0 Å². The van der Waals surface area contributed by atoms with Gasteiger partial charge in [-0.2, -0.15) is 10.4 Å². The first kappa shape index (κ1) is 19.1. The molecule has 2 N–H and O–H groups in total. The van der Waals surface area contributed by atoms with E-state index in [9.17, 15) is 5.11 Å². The van der Waals surface area contributed by atoms with Crippen molar-refractivity contribution in [2.24, 2.45) is 0 Å². The number of phenols is 1. The summed E-state index contributed by atoms with van der Waals surface area (Å²) in [4.78, 5) is 0. The lowest BCUT2D eigenvalue weighted by Gasteiger charge is -2.12. The molecule has 0 aliphatic heterocycles. The molecule has 0 radical (unpaired) electrons. The first-order chi connectivity index (χ1) is 14.7. The number of nitrogens with zero attached hydrogens (tertiary/aromatic N) is 3. The summed E-state index contributed by atoms with van der Waals surface area (Å²) in [6, 6.07) is 25.0. The van der Waals surface area contributed by atoms with Crippen LogP contribution in [0.5, 0.6) is 11.5 Å². The molecule has 0 saturated carbocycles. The van der Waals surface area contributed by atoms with Crippen molar-refractivity contribution in [1.29, 1.82) is 5.26 Å². The maximum atomic E-state index is 10.1. The molecule has 6 nitrogen and oxygen atoms in total. The Morgan fingerprint density at radius 3 is 2.53 bits per heavy atom. The number of ether oxygens (including phenoxy) is 1. The Labute approximate surface area is 174 Å². The second-order valence-corrected chi connectivity index (χ2v) is 6.76. The van der Waals surface area contributed by atoms with E-state index in [0.717, 1.165) is 22.5 Å². The van der Waals surface area contributed by atoms with Crippen molar-refractivity contribution in [1.82, 2.24) is 9.78 Å². The summed E-state index contributed by atoms with van der Waals surface area (Å²) in [5, 5.41) is 26.5. The third kappa shape index (κ3) is 4.59. The van der Waals surface area contributed by atoms with Crippen LogP contribution in [0.15, 0.2) is 85.2 Å². The SMILES string of the molecule is N#Cc1cnn(-c2ccc(NCc3ccc(O)c(OCc4ccccc4)c3)cc2)c1. The topological polar surface area (TPSA) is 83.1 Å². The van der Waals surface area contributed by atoms with Crippen LogP contribution in [0.4, 0.5) is 5.69 Å². The summed E-state index contributed by atoms with van der Waals surface area (Å²) in [6.45, 7) is 0.982. The van der Waals surface area contributed by atoms with Crippen LogP contribution in [0.1, 0.15) is 16.7 Å². The van der Waals surface area contributed by atoms with E-state index >= 15 is 0 Å². The van der Waals surface area contributed by atoms with E-state index in [1.165, 1.54) is 6.20 Å². The van der Waals surface area contributed by atoms with Gasteiger partial charge in [-0.25, -0.2) is 4.68 Å². The van der Waals surface area contributed by atoms with Crippen LogP contribution in [0.3, 0.4) is 0 Å². The van der Waals surface area contributed by atoms with Crippen LogP contribution in [-0.4, -0.2) is 14.9 Å². The normalized spacial score (nSPS) is 10.4. The minimum atomic E-state index is 0.120. The highest BCUT2D eigenvalue weighted by Gasteiger charge is 2.06. The number of nitrogens with one attached hydrogen (secondary N) is 1. The van der Waals surface area contributed by atoms with Crippen LogP contribution in [0, 0.1) is 11.3 Å². The second kappa shape index (κ2) is 8.84. The highest BCUT2D eigenvalue weighted by Crippen LogP contribution is 2.28. The molecule has 148 valence electrons. The minimum absolute atomic E-state index is 0.120. The van der Waals surface area contributed by atoms with Crippen LogP contribution in [0.25, 0.3) is 5.69 Å². The molecular formula is C24H20N4O2. The van der Waals surface area contributed by atoms with Gasteiger partial charge in [0.15, 0.2) is 11.5 Å². The predicted molar refractivity (Wildman–Crippen MR) is 114 cm³/mol. The average Bonchev–Trinajstić information content (AvgIpc) is 3.28. The maximum absolute atomic E-state index is 10.1. The molecule has 0 unspecified atom stereocenters. The number of rotatable bonds is 7. The minimum Gasteiger partial charge on any atom is -0.504 e. The number of phenolic OH excluding ortho intramolecular Hbond substituents is 1. The zero-order valence-electron chi connectivity index (χ0n) is 16.2. The number of aromatic nitrogens is 2. The summed E-state index contributed by atoms with van der Waals surface area (Å²) in [6.07, 6.45) is 3.23. The smallest absolute Gasteiger partial charge is 0.161 e. The van der Waals surface area contributed by atoms with Crippen LogP contribution in [-0.2, 0) is 13.2 Å². The molecule has 1 heterocycles. The quantitative estimate of drug-likeness (QED) is 0.475. The lowest BCUT2D eigenvalue weighted by Crippen LogP contribution is -2.01. The molecule has 0 aliphatic rings. The number of aromatic hydroxyl groups is 1. The number of hydrogen-bond donors (Lipinski definition) is 2. The largest absolute Gasteiger partial charge is 0.504 e. The van der Waals surface area contributed by atoms with Gasteiger partial charge in [0, 0.05) is 18.4 Å². The van der Waals surface area contributed by atoms with Gasteiger partial charge in [0.2, 0.25) is 0 Å². The van der Waals surface area contributed by atoms with Crippen LogP contribution in [0.2, 0.25) is 0 Å². The van der Waals surface area contributed by atoms with E-state index in [1.807, 2.05) is 66.7 Å². The van der Waals surface area contributed by atoms with Gasteiger partial charge >= 0.3 is 0 Å². The molecule has 30 heavy (non-hydrogen) atoms. The van der Waals surface area contributed by atoms with Crippen molar-refractivity contribution >= 4 is 5.69 Å². The van der Waals surface area contributed by atoms with Crippen LogP contribution < -0.4 is 10.1 Å². The fraction of sp³-hybridized carbons (Fsp3) is 0.0833. The van der Waals surface area contributed by atoms with Gasteiger partial charge in [0.05, 0.1) is 17.4 Å². The standard InChI is InChI=1S/C24H20N4O2/c25-13-20-15-27-28(16-20)22-9-7-21(8-10-22)26-14-19-6-11-23(29)24(12-19)30-17-18-4-2-1-3-5-18/h1-12,15-16,26,29H,14,17H2. The third-order valence-electron chi connectivity index (χ3n) is 4.60. The summed E-state index contributed by atoms with van der Waals surface area (Å²) in [5.74, 6) is 0.579. The molecular weight excluding hydrogens is 376 g/mol. The summed E-state index contributed by atoms with van der Waals surface area (Å²) < 4.78 is 7.45. The summed E-state index contributed by atoms with van der Waals surface area (Å²) in [5.41, 5.74) is 4.38. The monoisotopic (exact) mass is 396 g/mol. The fourth-order valence-corrected chi connectivity index (χ4v) is 2.98. The van der Waals surface area contributed by atoms with Crippen molar-refractivity contribution < 1.29 is 9.84 Å². The molecule has 0 bridgehead atoms. The zero-order valence-corrected chi connectivity index (χ0v) is 16.2. The molecule has 6 heteroatoms. The number of anilines is 1. The van der Waals surface area contributed by atoms with Gasteiger partial charge in [0.25, 0.3) is 0 Å². The van der Waals surface area contributed by atoms with E-state index in [4.69, 9.17) is 10.00 Å². The first-order valence-electron chi connectivity index (χ1n) is 9.49. The zero-order chi connectivity index (χ0) is 20.8. The van der Waals surface area contributed by atoms with Gasteiger partial charge in [-0.05, 0) is 47.5 Å². The van der Waals surface area contributed by atoms with Crippen molar-refractivity contribution in [2.45, 2.75) is 13.2 Å². The summed E-state index contributed by atoms with van der Waals surface area (Å²) >= 11 is 0. The Morgan fingerprint density at radius 1 is 1.00 bits per heavy atom. The fourth-order valence-electron chi connectivity index (χ4n) is 2.98. The lowest BCUT2D eigenvalue weighted by atomic mass is 10.2. The molecule has 0 atom stereocenters. The Balaban J connectivity index is 1.38. The molecule has 4 rings (SSSR count). The van der Waals surface area contributed by atoms with Gasteiger partial charge < -0.3 is 15.2 Å². The van der Waals surface area contributed by atoms with Crippen molar-refractivity contribution in [3.63, 3.8) is 0 Å². The highest BCUT2D eigenvalue weighted by molar-refractivity contribution is 5.50. The Hall–Kier alpha value is -4.24. The maximum Gasteiger partial charge on any atom is 0.161 e. The van der Waals surface area contributed by atoms with Crippen molar-refractivity contribution in [3.8, 4) is 23.3 Å². The van der Waals surface area contributed by atoms with E-state index in [-0.39, 0.29) is 5.75 Å². The van der Waals surface area contributed by atoms with E-state index in [0.29, 0.717) is 24.5 Å². The van der Waals surface area contributed by atoms with Gasteiger partial charge in [-0.3, -0.25) is 0 Å². The van der Waals surface area contributed by atoms with Gasteiger partial charge in [-0.15, -0.1) is 0 Å². The van der Waals surface area contributed by atoms with Crippen molar-refractivity contribution in [2.75, 3.05) is 5.32 Å². The average molecular weight is 396 g/mol. The predicted octanol–water partition coefficient (Wildman–Crippen LogP) is 4.64. The first-order valence-corrected chi connectivity index (χ1v) is 9.49. The molecule has 0 aliphatic carbocycles. The third-order valence-corrected chi connectivity index (χ3v) is 4.60. The van der Waals surface area contributed by atoms with Gasteiger partial charge in [0.1, 0.15) is 12.7 Å². The second-order valence-electron chi connectivity index (χ2n) is 6.76. The molecule has 0 spiro atoms. The Bertz CT molecular complexity index is 1160. The molecule has 0 fully saturated rings. The number of benzene rings is 3. The van der Waals surface area contributed by atoms with Crippen molar-refractivity contribution in [3.05, 3.63) is 102 Å². The molecule has 0 saturated heterocycles. The molecule has 4 aromatic rings. The number of nitriles is 1. The number of hydrogen-bond acceptors (Lipinski definition) is 5. The Kier molecular flexibility index (Phi) is 5.63. The van der Waals surface area contributed by atoms with Gasteiger partial charge in [-0.1, -0.05) is 36.4 Å². The van der Waals surface area contributed by atoms with E-state index in [1.54, 1.807) is 16.9 Å². The highest BCUT2D eigenvalue weighted by atomic mass is 16.5. The lowest BCUT2D eigenvalue weighted by molar-refractivity contribution is 0.288. The Morgan fingerprint density at radius 2 is 1.80 bits per heavy atom. The molecule has 0 amide bonds. The van der Waals surface area contributed by atoms with Crippen LogP contribution >= 0.6 is 0 Å². The summed E-state index contributed by atoms with van der Waals surface area (Å²) in [7, 11) is 0. The molecule has 3 aromatic carbocycles.